The van der Waals surface area contributed by atoms with Crippen LogP contribution in [0.2, 0.25) is 0 Å². The lowest BCUT2D eigenvalue weighted by Crippen LogP contribution is -2.55. The second-order valence-electron chi connectivity index (χ2n) is 11.0. The van der Waals surface area contributed by atoms with Crippen molar-refractivity contribution >= 4 is 23.6 Å². The molecule has 2 rings (SSSR count). The number of benzene rings is 2. The van der Waals surface area contributed by atoms with E-state index < -0.39 is 23.8 Å². The van der Waals surface area contributed by atoms with Crippen molar-refractivity contribution in [2.75, 3.05) is 11.9 Å². The summed E-state index contributed by atoms with van der Waals surface area (Å²) in [5, 5.41) is 5.85. The van der Waals surface area contributed by atoms with Crippen molar-refractivity contribution in [3.8, 4) is 0 Å². The molecule has 2 N–H and O–H groups in total. The zero-order valence-electron chi connectivity index (χ0n) is 24.3. The summed E-state index contributed by atoms with van der Waals surface area (Å²) in [5.74, 6) is -0.769. The van der Waals surface area contributed by atoms with E-state index >= 15 is 0 Å². The summed E-state index contributed by atoms with van der Waals surface area (Å²) in [5.41, 5.74) is 2.70. The molecule has 2 aromatic rings. The van der Waals surface area contributed by atoms with Crippen molar-refractivity contribution in [3.63, 3.8) is 0 Å². The highest BCUT2D eigenvalue weighted by atomic mass is 16.6. The lowest BCUT2D eigenvalue weighted by Gasteiger charge is -2.36. The number of ether oxygens (including phenoxy) is 1. The van der Waals surface area contributed by atoms with Crippen LogP contribution in [-0.2, 0) is 14.3 Å². The SMILES string of the molecule is CCCCN(C(=O)C(NC(=O)OC(C)(C)C)C(C)CC)C(C(=O)Nc1ccccc1C)c1ccc(C)cc1. The van der Waals surface area contributed by atoms with Crippen LogP contribution in [0.3, 0.4) is 0 Å². The molecule has 0 aliphatic carbocycles. The van der Waals surface area contributed by atoms with Gasteiger partial charge in [0, 0.05) is 12.2 Å². The lowest BCUT2D eigenvalue weighted by atomic mass is 9.95. The van der Waals surface area contributed by atoms with E-state index in [4.69, 9.17) is 4.74 Å². The maximum atomic E-state index is 14.2. The highest BCUT2D eigenvalue weighted by Gasteiger charge is 2.38. The fourth-order valence-electron chi connectivity index (χ4n) is 4.13. The van der Waals surface area contributed by atoms with Crippen molar-refractivity contribution in [1.82, 2.24) is 10.2 Å². The molecule has 3 atom stereocenters. The number of carbonyl (C=O) groups excluding carboxylic acids is 3. The predicted octanol–water partition coefficient (Wildman–Crippen LogP) is 6.55. The van der Waals surface area contributed by atoms with Gasteiger partial charge >= 0.3 is 6.09 Å². The first-order chi connectivity index (χ1) is 17.9. The zero-order chi connectivity index (χ0) is 28.5. The van der Waals surface area contributed by atoms with Gasteiger partial charge in [-0.15, -0.1) is 0 Å². The Kier molecular flexibility index (Phi) is 11.4. The topological polar surface area (TPSA) is 87.7 Å². The van der Waals surface area contributed by atoms with Gasteiger partial charge in [0.25, 0.3) is 5.91 Å². The first-order valence-corrected chi connectivity index (χ1v) is 13.6. The van der Waals surface area contributed by atoms with Crippen LogP contribution in [0.5, 0.6) is 0 Å². The summed E-state index contributed by atoms with van der Waals surface area (Å²) in [6.45, 7) is 15.6. The number of nitrogens with one attached hydrogen (secondary N) is 2. The molecule has 0 radical (unpaired) electrons. The Labute approximate surface area is 228 Å². The first kappa shape index (κ1) is 30.9. The molecule has 38 heavy (non-hydrogen) atoms. The molecule has 0 aromatic heterocycles. The molecular formula is C31H45N3O4. The van der Waals surface area contributed by atoms with Crippen molar-refractivity contribution in [1.29, 1.82) is 0 Å². The quantitative estimate of drug-likeness (QED) is 0.350. The van der Waals surface area contributed by atoms with Crippen LogP contribution in [0.1, 0.15) is 83.5 Å². The average molecular weight is 524 g/mol. The fourth-order valence-corrected chi connectivity index (χ4v) is 4.13. The van der Waals surface area contributed by atoms with Gasteiger partial charge in [-0.25, -0.2) is 4.79 Å². The Morgan fingerprint density at radius 2 is 1.61 bits per heavy atom. The molecule has 7 heteroatoms. The van der Waals surface area contributed by atoms with Gasteiger partial charge in [0.15, 0.2) is 0 Å². The maximum Gasteiger partial charge on any atom is 0.408 e. The van der Waals surface area contributed by atoms with Crippen LogP contribution in [-0.4, -0.2) is 41.0 Å². The van der Waals surface area contributed by atoms with E-state index in [1.807, 2.05) is 83.1 Å². The molecule has 208 valence electrons. The third-order valence-corrected chi connectivity index (χ3v) is 6.54. The van der Waals surface area contributed by atoms with Crippen LogP contribution in [0.4, 0.5) is 10.5 Å². The number of nitrogens with zero attached hydrogens (tertiary/aromatic N) is 1. The number of carbonyl (C=O) groups is 3. The molecule has 0 fully saturated rings. The van der Waals surface area contributed by atoms with Crippen LogP contribution in [0, 0.1) is 19.8 Å². The second kappa shape index (κ2) is 14.0. The Morgan fingerprint density at radius 3 is 2.16 bits per heavy atom. The number of amides is 3. The highest BCUT2D eigenvalue weighted by molar-refractivity contribution is 5.99. The van der Waals surface area contributed by atoms with Crippen molar-refractivity contribution < 1.29 is 19.1 Å². The zero-order valence-corrected chi connectivity index (χ0v) is 24.3. The summed E-state index contributed by atoms with van der Waals surface area (Å²) in [6.07, 6.45) is 1.57. The molecule has 3 unspecified atom stereocenters. The molecule has 2 aromatic carbocycles. The number of unbranched alkanes of at least 4 members (excludes halogenated alkanes) is 1. The molecule has 3 amide bonds. The summed E-state index contributed by atoms with van der Waals surface area (Å²) in [6, 6.07) is 13.5. The highest BCUT2D eigenvalue weighted by Crippen LogP contribution is 2.27. The van der Waals surface area contributed by atoms with Crippen LogP contribution in [0.15, 0.2) is 48.5 Å². The smallest absolute Gasteiger partial charge is 0.408 e. The van der Waals surface area contributed by atoms with E-state index in [0.717, 1.165) is 17.5 Å². The van der Waals surface area contributed by atoms with Crippen LogP contribution in [0.25, 0.3) is 0 Å². The van der Waals surface area contributed by atoms with E-state index in [1.165, 1.54) is 0 Å². The molecule has 0 aliphatic heterocycles. The number of alkyl carbamates (subject to hydrolysis) is 1. The van der Waals surface area contributed by atoms with Gasteiger partial charge in [-0.2, -0.15) is 0 Å². The van der Waals surface area contributed by atoms with Crippen LogP contribution >= 0.6 is 0 Å². The number of aryl methyl sites for hydroxylation is 2. The van der Waals surface area contributed by atoms with Crippen molar-refractivity contribution in [2.45, 2.75) is 92.3 Å². The van der Waals surface area contributed by atoms with E-state index in [9.17, 15) is 14.4 Å². The minimum absolute atomic E-state index is 0.169. The monoisotopic (exact) mass is 523 g/mol. The normalized spacial score (nSPS) is 13.7. The molecular weight excluding hydrogens is 478 g/mol. The van der Waals surface area contributed by atoms with Gasteiger partial charge < -0.3 is 20.3 Å². The summed E-state index contributed by atoms with van der Waals surface area (Å²) in [7, 11) is 0. The maximum absolute atomic E-state index is 14.2. The third-order valence-electron chi connectivity index (χ3n) is 6.54. The number of hydrogen-bond donors (Lipinski definition) is 2. The summed E-state index contributed by atoms with van der Waals surface area (Å²) in [4.78, 5) is 42.5. The Bertz CT molecular complexity index is 1080. The standard InChI is InChI=1S/C31H45N3O4/c1-9-11-20-34(29(36)26(22(4)10-2)33-30(37)38-31(6,7)8)27(24-18-16-21(3)17-19-24)28(35)32-25-15-13-12-14-23(25)5/h12-19,22,26-27H,9-11,20H2,1-8H3,(H,32,35)(H,33,37). The minimum Gasteiger partial charge on any atom is -0.444 e. The van der Waals surface area contributed by atoms with E-state index in [-0.39, 0.29) is 17.7 Å². The largest absolute Gasteiger partial charge is 0.444 e. The first-order valence-electron chi connectivity index (χ1n) is 13.6. The lowest BCUT2D eigenvalue weighted by molar-refractivity contribution is -0.142. The summed E-state index contributed by atoms with van der Waals surface area (Å²) < 4.78 is 5.47. The molecule has 0 heterocycles. The number of hydrogen-bond acceptors (Lipinski definition) is 4. The Balaban J connectivity index is 2.54. The van der Waals surface area contributed by atoms with Gasteiger partial charge in [0.2, 0.25) is 5.91 Å². The number of anilines is 1. The number of rotatable bonds is 11. The molecule has 0 saturated carbocycles. The molecule has 0 aliphatic rings. The fraction of sp³-hybridized carbons (Fsp3) is 0.516. The van der Waals surface area contributed by atoms with E-state index in [1.54, 1.807) is 25.7 Å². The summed E-state index contributed by atoms with van der Waals surface area (Å²) >= 11 is 0. The van der Waals surface area contributed by atoms with Crippen LogP contribution < -0.4 is 10.6 Å². The molecule has 0 saturated heterocycles. The second-order valence-corrected chi connectivity index (χ2v) is 11.0. The van der Waals surface area contributed by atoms with Gasteiger partial charge in [0.05, 0.1) is 0 Å². The molecule has 0 spiro atoms. The molecule has 7 nitrogen and oxygen atoms in total. The Hall–Kier alpha value is -3.35. The molecule has 0 bridgehead atoms. The van der Waals surface area contributed by atoms with Crippen molar-refractivity contribution in [3.05, 3.63) is 65.2 Å². The van der Waals surface area contributed by atoms with Gasteiger partial charge in [-0.05, 0) is 64.2 Å². The Morgan fingerprint density at radius 1 is 0.974 bits per heavy atom. The minimum atomic E-state index is -0.874. The average Bonchev–Trinajstić information content (AvgIpc) is 2.85. The predicted molar refractivity (Wildman–Crippen MR) is 153 cm³/mol. The van der Waals surface area contributed by atoms with Crippen molar-refractivity contribution in [2.24, 2.45) is 5.92 Å². The van der Waals surface area contributed by atoms with Gasteiger partial charge in [-0.1, -0.05) is 81.6 Å². The van der Waals surface area contributed by atoms with E-state index in [2.05, 4.69) is 10.6 Å². The number of para-hydroxylation sites is 1. The third kappa shape index (κ3) is 8.89. The van der Waals surface area contributed by atoms with Gasteiger partial charge in [0.1, 0.15) is 17.7 Å². The van der Waals surface area contributed by atoms with E-state index in [0.29, 0.717) is 30.6 Å². The van der Waals surface area contributed by atoms with Gasteiger partial charge in [-0.3, -0.25) is 9.59 Å².